The van der Waals surface area contributed by atoms with Crippen molar-refractivity contribution in [3.63, 3.8) is 0 Å². The summed E-state index contributed by atoms with van der Waals surface area (Å²) in [4.78, 5) is 7.77. The van der Waals surface area contributed by atoms with Crippen molar-refractivity contribution in [2.45, 2.75) is 0 Å². The number of nitrogens with two attached hydrogens (primary N) is 1. The van der Waals surface area contributed by atoms with Crippen LogP contribution in [0, 0.1) is 0 Å². The van der Waals surface area contributed by atoms with Crippen molar-refractivity contribution in [2.24, 2.45) is 0 Å². The Morgan fingerprint density at radius 2 is 1.95 bits per heavy atom. The van der Waals surface area contributed by atoms with Crippen LogP contribution in [-0.4, -0.2) is 28.3 Å². The molecule has 0 aliphatic carbocycles. The number of anilines is 1. The third-order valence-electron chi connectivity index (χ3n) is 2.99. The third-order valence-corrected chi connectivity index (χ3v) is 2.99. The number of imidazole rings is 1. The van der Waals surface area contributed by atoms with E-state index in [0.29, 0.717) is 12.3 Å². The van der Waals surface area contributed by atoms with Crippen LogP contribution in [-0.2, 0) is 0 Å². The molecule has 5 nitrogen and oxygen atoms in total. The van der Waals surface area contributed by atoms with Gasteiger partial charge in [0.15, 0.2) is 0 Å². The number of nitrogen functional groups attached to an aromatic ring is 1. The fraction of sp³-hybridized carbons (Fsp3) is 0.133. The minimum Gasteiger partial charge on any atom is -0.491 e. The third kappa shape index (κ3) is 2.44. The van der Waals surface area contributed by atoms with Gasteiger partial charge in [0.05, 0.1) is 17.6 Å². The van der Waals surface area contributed by atoms with Gasteiger partial charge in [0.1, 0.15) is 18.2 Å². The Kier molecular flexibility index (Phi) is 3.26. The molecule has 0 aliphatic rings. The zero-order valence-electron chi connectivity index (χ0n) is 10.8. The van der Waals surface area contributed by atoms with E-state index in [0.717, 1.165) is 28.2 Å². The maximum Gasteiger partial charge on any atom is 0.138 e. The maximum absolute atomic E-state index is 8.71. The number of aliphatic hydroxyl groups is 1. The molecule has 0 radical (unpaired) electrons. The van der Waals surface area contributed by atoms with Crippen molar-refractivity contribution < 1.29 is 9.84 Å². The largest absolute Gasteiger partial charge is 0.491 e. The fourth-order valence-electron chi connectivity index (χ4n) is 2.03. The molecular weight excluding hydrogens is 254 g/mol. The molecule has 5 heteroatoms. The molecule has 0 amide bonds. The number of H-pyrrole nitrogens is 1. The van der Waals surface area contributed by atoms with Crippen LogP contribution < -0.4 is 10.5 Å². The van der Waals surface area contributed by atoms with Crippen molar-refractivity contribution in [2.75, 3.05) is 18.9 Å². The Bertz CT molecular complexity index is 720. The Morgan fingerprint density at radius 3 is 2.70 bits per heavy atom. The van der Waals surface area contributed by atoms with Crippen molar-refractivity contribution in [1.29, 1.82) is 0 Å². The highest BCUT2D eigenvalue weighted by atomic mass is 16.5. The van der Waals surface area contributed by atoms with E-state index < -0.39 is 0 Å². The molecule has 1 aromatic heterocycles. The number of aromatic amines is 1. The van der Waals surface area contributed by atoms with Gasteiger partial charge in [-0.1, -0.05) is 0 Å². The van der Waals surface area contributed by atoms with Gasteiger partial charge in [-0.2, -0.15) is 0 Å². The van der Waals surface area contributed by atoms with Crippen molar-refractivity contribution >= 4 is 16.7 Å². The summed E-state index contributed by atoms with van der Waals surface area (Å²) in [6.07, 6.45) is 0. The molecule has 20 heavy (non-hydrogen) atoms. The van der Waals surface area contributed by atoms with Crippen LogP contribution in [0.3, 0.4) is 0 Å². The Labute approximate surface area is 116 Å². The van der Waals surface area contributed by atoms with Gasteiger partial charge in [-0.3, -0.25) is 0 Å². The first-order valence-electron chi connectivity index (χ1n) is 6.35. The molecule has 0 unspecified atom stereocenters. The lowest BCUT2D eigenvalue weighted by Crippen LogP contribution is -2.01. The van der Waals surface area contributed by atoms with E-state index in [4.69, 9.17) is 15.6 Å². The highest BCUT2D eigenvalue weighted by Crippen LogP contribution is 2.23. The van der Waals surface area contributed by atoms with Gasteiger partial charge in [0.2, 0.25) is 0 Å². The van der Waals surface area contributed by atoms with E-state index in [-0.39, 0.29) is 6.61 Å². The first kappa shape index (κ1) is 12.5. The highest BCUT2D eigenvalue weighted by Gasteiger charge is 2.05. The van der Waals surface area contributed by atoms with Gasteiger partial charge < -0.3 is 20.6 Å². The minimum atomic E-state index is 0.00669. The monoisotopic (exact) mass is 269 g/mol. The summed E-state index contributed by atoms with van der Waals surface area (Å²) in [5.41, 5.74) is 9.21. The molecule has 3 rings (SSSR count). The zero-order chi connectivity index (χ0) is 13.9. The number of ether oxygens (including phenoxy) is 1. The molecule has 0 spiro atoms. The molecule has 102 valence electrons. The first-order chi connectivity index (χ1) is 9.76. The van der Waals surface area contributed by atoms with Gasteiger partial charge in [-0.05, 0) is 42.5 Å². The molecule has 0 bridgehead atoms. The van der Waals surface area contributed by atoms with Crippen molar-refractivity contribution in [3.05, 3.63) is 42.5 Å². The van der Waals surface area contributed by atoms with E-state index in [9.17, 15) is 0 Å². The normalized spacial score (nSPS) is 10.8. The van der Waals surface area contributed by atoms with Crippen LogP contribution in [0.1, 0.15) is 0 Å². The van der Waals surface area contributed by atoms with Gasteiger partial charge >= 0.3 is 0 Å². The molecule has 0 aliphatic heterocycles. The smallest absolute Gasteiger partial charge is 0.138 e. The molecule has 3 aromatic rings. The number of rotatable bonds is 4. The molecule has 4 N–H and O–H groups in total. The summed E-state index contributed by atoms with van der Waals surface area (Å²) >= 11 is 0. The van der Waals surface area contributed by atoms with Crippen LogP contribution in [0.5, 0.6) is 5.75 Å². The Hall–Kier alpha value is -2.53. The molecule has 0 saturated carbocycles. The van der Waals surface area contributed by atoms with E-state index in [1.807, 2.05) is 42.5 Å². The van der Waals surface area contributed by atoms with Crippen molar-refractivity contribution in [3.8, 4) is 17.1 Å². The lowest BCUT2D eigenvalue weighted by atomic mass is 10.2. The number of aliphatic hydroxyl groups excluding tert-OH is 1. The zero-order valence-corrected chi connectivity index (χ0v) is 10.8. The summed E-state index contributed by atoms with van der Waals surface area (Å²) in [6.45, 7) is 0.302. The van der Waals surface area contributed by atoms with E-state index in [2.05, 4.69) is 9.97 Å². The summed E-state index contributed by atoms with van der Waals surface area (Å²) in [7, 11) is 0. The van der Waals surface area contributed by atoms with Gasteiger partial charge in [0, 0.05) is 11.3 Å². The average Bonchev–Trinajstić information content (AvgIpc) is 2.88. The van der Waals surface area contributed by atoms with E-state index in [1.54, 1.807) is 0 Å². The number of aromatic nitrogens is 2. The van der Waals surface area contributed by atoms with Crippen LogP contribution >= 0.6 is 0 Å². The molecule has 0 saturated heterocycles. The lowest BCUT2D eigenvalue weighted by Gasteiger charge is -2.04. The second-order valence-corrected chi connectivity index (χ2v) is 4.46. The van der Waals surface area contributed by atoms with Gasteiger partial charge in [-0.25, -0.2) is 4.98 Å². The molecule has 0 fully saturated rings. The number of hydrogen-bond donors (Lipinski definition) is 3. The van der Waals surface area contributed by atoms with Crippen LogP contribution in [0.15, 0.2) is 42.5 Å². The second-order valence-electron chi connectivity index (χ2n) is 4.46. The van der Waals surface area contributed by atoms with E-state index in [1.165, 1.54) is 0 Å². The summed E-state index contributed by atoms with van der Waals surface area (Å²) in [5.74, 6) is 1.52. The fourth-order valence-corrected chi connectivity index (χ4v) is 2.03. The number of fused-ring (bicyclic) bond motifs is 1. The topological polar surface area (TPSA) is 84.2 Å². The quantitative estimate of drug-likeness (QED) is 0.634. The van der Waals surface area contributed by atoms with Gasteiger partial charge in [0.25, 0.3) is 0 Å². The van der Waals surface area contributed by atoms with Gasteiger partial charge in [-0.15, -0.1) is 0 Å². The van der Waals surface area contributed by atoms with Crippen molar-refractivity contribution in [1.82, 2.24) is 9.97 Å². The summed E-state index contributed by atoms with van der Waals surface area (Å²) in [5, 5.41) is 8.71. The number of nitrogens with zero attached hydrogens (tertiary/aromatic N) is 1. The lowest BCUT2D eigenvalue weighted by molar-refractivity contribution is 0.201. The average molecular weight is 269 g/mol. The number of hydrogen-bond acceptors (Lipinski definition) is 4. The Morgan fingerprint density at radius 1 is 1.15 bits per heavy atom. The number of benzene rings is 2. The predicted octanol–water partition coefficient (Wildman–Crippen LogP) is 2.18. The van der Waals surface area contributed by atoms with Crippen LogP contribution in [0.4, 0.5) is 5.69 Å². The number of nitrogens with one attached hydrogen (secondary N) is 1. The van der Waals surface area contributed by atoms with Crippen LogP contribution in [0.25, 0.3) is 22.4 Å². The summed E-state index contributed by atoms with van der Waals surface area (Å²) < 4.78 is 5.32. The molecule has 1 heterocycles. The van der Waals surface area contributed by atoms with Crippen LogP contribution in [0.2, 0.25) is 0 Å². The molecular formula is C15H15N3O2. The standard InChI is InChI=1S/C15H15N3O2/c16-11-3-6-13-14(9-11)18-15(17-13)10-1-4-12(5-2-10)20-8-7-19/h1-6,9,19H,7-8,16H2,(H,17,18). The predicted molar refractivity (Wildman–Crippen MR) is 78.5 cm³/mol. The molecule has 0 atom stereocenters. The maximum atomic E-state index is 8.71. The SMILES string of the molecule is Nc1ccc2[nH]c(-c3ccc(OCCO)cc3)nc2c1. The minimum absolute atomic E-state index is 0.00669. The van der Waals surface area contributed by atoms with E-state index >= 15 is 0 Å². The first-order valence-corrected chi connectivity index (χ1v) is 6.35. The molecule has 2 aromatic carbocycles. The highest BCUT2D eigenvalue weighted by molar-refractivity contribution is 5.82. The Balaban J connectivity index is 1.90. The second kappa shape index (κ2) is 5.22. The summed E-state index contributed by atoms with van der Waals surface area (Å²) in [6, 6.07) is 13.2.